The third kappa shape index (κ3) is 2.69. The minimum Gasteiger partial charge on any atom is -0.497 e. The maximum absolute atomic E-state index is 12.8. The number of hydrogen-bond acceptors (Lipinski definition) is 10. The van der Waals surface area contributed by atoms with Gasteiger partial charge in [-0.05, 0) is 45.4 Å². The van der Waals surface area contributed by atoms with Crippen molar-refractivity contribution in [3.8, 4) is 5.75 Å². The molecule has 5 atom stereocenters. The van der Waals surface area contributed by atoms with E-state index in [2.05, 4.69) is 0 Å². The summed E-state index contributed by atoms with van der Waals surface area (Å²) < 4.78 is 10.5. The van der Waals surface area contributed by atoms with Gasteiger partial charge >= 0.3 is 0 Å². The van der Waals surface area contributed by atoms with Crippen LogP contribution in [0.3, 0.4) is 0 Å². The molecule has 0 aliphatic carbocycles. The summed E-state index contributed by atoms with van der Waals surface area (Å²) in [5.41, 5.74) is -13.3. The highest BCUT2D eigenvalue weighted by molar-refractivity contribution is 6.09. The predicted octanol–water partition coefficient (Wildman–Crippen LogP) is -0.822. The van der Waals surface area contributed by atoms with Gasteiger partial charge in [0, 0.05) is 6.92 Å². The molecule has 10 nitrogen and oxygen atoms in total. The monoisotopic (exact) mass is 438 g/mol. The van der Waals surface area contributed by atoms with Crippen LogP contribution in [0, 0.1) is 0 Å². The number of carbonyl (C=O) groups excluding carboxylic acids is 4. The van der Waals surface area contributed by atoms with Gasteiger partial charge in [-0.3, -0.25) is 19.2 Å². The van der Waals surface area contributed by atoms with Crippen molar-refractivity contribution in [1.29, 1.82) is 0 Å². The number of Topliss-reactive ketones (excluding diaryl/α,β-unsaturated/α-hetero) is 4. The van der Waals surface area contributed by atoms with Crippen LogP contribution in [-0.4, -0.2) is 73.3 Å². The van der Waals surface area contributed by atoms with Gasteiger partial charge in [-0.15, -0.1) is 0 Å². The highest BCUT2D eigenvalue weighted by atomic mass is 16.7. The Bertz CT molecular complexity index is 955. The molecule has 170 valence electrons. The zero-order valence-corrected chi connectivity index (χ0v) is 18.0. The first-order chi connectivity index (χ1) is 14.0. The van der Waals surface area contributed by atoms with E-state index in [-0.39, 0.29) is 5.56 Å². The first-order valence-electron chi connectivity index (χ1n) is 9.30. The van der Waals surface area contributed by atoms with Crippen molar-refractivity contribution in [3.63, 3.8) is 0 Å². The molecule has 1 aliphatic heterocycles. The molecule has 0 amide bonds. The molecule has 0 aromatic heterocycles. The van der Waals surface area contributed by atoms with E-state index in [1.54, 1.807) is 0 Å². The Hall–Kier alpha value is -2.50. The van der Waals surface area contributed by atoms with Crippen molar-refractivity contribution >= 4 is 23.1 Å². The van der Waals surface area contributed by atoms with Crippen LogP contribution in [0.5, 0.6) is 5.75 Å². The standard InChI is InChI=1S/C21H26O10/c1-11(22)18(26)17(5,15-7-9-16(30-6)10-8-15)31-21(29,14(4)25)20(28,13(3)24)19(18,27)12(2)23/h7-10,26-29H,1-6H3/t17-,18+,19-,20-,21-/m1/s1. The van der Waals surface area contributed by atoms with Crippen LogP contribution >= 0.6 is 0 Å². The summed E-state index contributed by atoms with van der Waals surface area (Å²) in [6.45, 7) is 3.96. The number of ether oxygens (including phenoxy) is 2. The topological polar surface area (TPSA) is 168 Å². The lowest BCUT2D eigenvalue weighted by atomic mass is 9.53. The molecule has 2 rings (SSSR count). The zero-order valence-electron chi connectivity index (χ0n) is 18.0. The van der Waals surface area contributed by atoms with E-state index in [0.717, 1.165) is 20.8 Å². The third-order valence-corrected chi connectivity index (χ3v) is 6.23. The highest BCUT2D eigenvalue weighted by Gasteiger charge is 2.86. The fourth-order valence-corrected chi connectivity index (χ4v) is 4.39. The Kier molecular flexibility index (Phi) is 5.82. The number of hydrogen-bond donors (Lipinski definition) is 4. The summed E-state index contributed by atoms with van der Waals surface area (Å²) in [7, 11) is 1.38. The summed E-state index contributed by atoms with van der Waals surface area (Å²) in [5, 5.41) is 45.5. The fraction of sp³-hybridized carbons (Fsp3) is 0.524. The van der Waals surface area contributed by atoms with Crippen molar-refractivity contribution < 1.29 is 49.1 Å². The molecule has 1 aliphatic rings. The van der Waals surface area contributed by atoms with Crippen molar-refractivity contribution in [2.45, 2.75) is 62.8 Å². The molecule has 0 unspecified atom stereocenters. The van der Waals surface area contributed by atoms with Crippen molar-refractivity contribution in [3.05, 3.63) is 29.8 Å². The van der Waals surface area contributed by atoms with Gasteiger partial charge in [-0.1, -0.05) is 12.1 Å². The summed E-state index contributed by atoms with van der Waals surface area (Å²) >= 11 is 0. The lowest BCUT2D eigenvalue weighted by Gasteiger charge is -2.63. The van der Waals surface area contributed by atoms with Crippen LogP contribution in [0.4, 0.5) is 0 Å². The number of methoxy groups -OCH3 is 1. The van der Waals surface area contributed by atoms with Gasteiger partial charge in [0.1, 0.15) is 11.4 Å². The molecule has 1 aromatic carbocycles. The molecule has 1 heterocycles. The van der Waals surface area contributed by atoms with E-state index in [4.69, 9.17) is 9.47 Å². The number of carbonyl (C=O) groups is 4. The molecular formula is C21H26O10. The Morgan fingerprint density at radius 3 is 1.48 bits per heavy atom. The van der Waals surface area contributed by atoms with Crippen LogP contribution in [-0.2, 0) is 29.5 Å². The highest BCUT2D eigenvalue weighted by Crippen LogP contribution is 2.58. The van der Waals surface area contributed by atoms with Crippen molar-refractivity contribution in [2.24, 2.45) is 0 Å². The molecule has 1 saturated heterocycles. The van der Waals surface area contributed by atoms with Gasteiger partial charge in [0.25, 0.3) is 5.79 Å². The van der Waals surface area contributed by atoms with E-state index in [0.29, 0.717) is 19.6 Å². The Morgan fingerprint density at radius 2 is 1.16 bits per heavy atom. The number of ketones is 4. The van der Waals surface area contributed by atoms with Crippen LogP contribution in [0.2, 0.25) is 0 Å². The Labute approximate surface area is 178 Å². The maximum atomic E-state index is 12.8. The summed E-state index contributed by atoms with van der Waals surface area (Å²) in [6.07, 6.45) is 0. The second-order valence-corrected chi connectivity index (χ2v) is 7.86. The summed E-state index contributed by atoms with van der Waals surface area (Å²) in [6, 6.07) is 5.39. The maximum Gasteiger partial charge on any atom is 0.267 e. The lowest BCUT2D eigenvalue weighted by molar-refractivity contribution is -0.417. The molecule has 0 radical (unpaired) electrons. The average molecular weight is 438 g/mol. The predicted molar refractivity (Wildman–Crippen MR) is 104 cm³/mol. The van der Waals surface area contributed by atoms with Crippen LogP contribution in [0.25, 0.3) is 0 Å². The lowest BCUT2D eigenvalue weighted by Crippen LogP contribution is -2.91. The molecule has 10 heteroatoms. The molecular weight excluding hydrogens is 412 g/mol. The Morgan fingerprint density at radius 1 is 0.742 bits per heavy atom. The van der Waals surface area contributed by atoms with E-state index < -0.39 is 51.3 Å². The van der Waals surface area contributed by atoms with Crippen LogP contribution < -0.4 is 4.74 Å². The third-order valence-electron chi connectivity index (χ3n) is 6.23. The normalized spacial score (nSPS) is 37.7. The smallest absolute Gasteiger partial charge is 0.267 e. The minimum atomic E-state index is -3.72. The first kappa shape index (κ1) is 24.8. The largest absolute Gasteiger partial charge is 0.497 e. The van der Waals surface area contributed by atoms with Crippen LogP contribution in [0.15, 0.2) is 24.3 Å². The molecule has 0 spiro atoms. The minimum absolute atomic E-state index is 0.0732. The summed E-state index contributed by atoms with van der Waals surface area (Å²) in [5.74, 6) is -8.71. The molecule has 31 heavy (non-hydrogen) atoms. The van der Waals surface area contributed by atoms with E-state index >= 15 is 0 Å². The Balaban J connectivity index is 3.10. The van der Waals surface area contributed by atoms with E-state index in [1.807, 2.05) is 0 Å². The zero-order chi connectivity index (χ0) is 24.2. The molecule has 0 saturated carbocycles. The second kappa shape index (κ2) is 7.28. The first-order valence-corrected chi connectivity index (χ1v) is 9.30. The number of benzene rings is 1. The SMILES string of the molecule is COc1ccc([C@@]2(C)O[C@](O)(C(C)=O)[C@@](O)(C(C)=O)[C@@](O)(C(C)=O)[C@]2(O)C(C)=O)cc1. The van der Waals surface area contributed by atoms with Gasteiger partial charge in [0.05, 0.1) is 7.11 Å². The van der Waals surface area contributed by atoms with Gasteiger partial charge in [-0.2, -0.15) is 0 Å². The van der Waals surface area contributed by atoms with Crippen LogP contribution in [0.1, 0.15) is 40.2 Å². The van der Waals surface area contributed by atoms with Gasteiger partial charge < -0.3 is 29.9 Å². The van der Waals surface area contributed by atoms with Crippen molar-refractivity contribution in [1.82, 2.24) is 0 Å². The van der Waals surface area contributed by atoms with Gasteiger partial charge in [-0.25, -0.2) is 0 Å². The fourth-order valence-electron chi connectivity index (χ4n) is 4.39. The van der Waals surface area contributed by atoms with Gasteiger partial charge in [0.2, 0.25) is 11.2 Å². The van der Waals surface area contributed by atoms with E-state index in [9.17, 15) is 39.6 Å². The molecule has 4 N–H and O–H groups in total. The molecule has 0 bridgehead atoms. The summed E-state index contributed by atoms with van der Waals surface area (Å²) in [4.78, 5) is 50.5. The second-order valence-electron chi connectivity index (χ2n) is 7.86. The number of aliphatic hydroxyl groups is 4. The number of rotatable bonds is 6. The molecule has 1 fully saturated rings. The van der Waals surface area contributed by atoms with Crippen molar-refractivity contribution in [2.75, 3.05) is 7.11 Å². The van der Waals surface area contributed by atoms with Gasteiger partial charge in [0.15, 0.2) is 28.7 Å². The average Bonchev–Trinajstić information content (AvgIpc) is 2.69. The van der Waals surface area contributed by atoms with E-state index in [1.165, 1.54) is 31.4 Å². The quantitative estimate of drug-likeness (QED) is 0.440. The molecule has 1 aromatic rings.